The summed E-state index contributed by atoms with van der Waals surface area (Å²) in [4.78, 5) is 13.8. The van der Waals surface area contributed by atoms with Gasteiger partial charge in [-0.1, -0.05) is 20.8 Å². The lowest BCUT2D eigenvalue weighted by atomic mass is 10.2. The Morgan fingerprint density at radius 2 is 1.89 bits per heavy atom. The Balaban J connectivity index is 2.56. The van der Waals surface area contributed by atoms with Crippen LogP contribution in [0.2, 0.25) is 0 Å². The average molecular weight is 258 g/mol. The molecule has 0 bridgehead atoms. The van der Waals surface area contributed by atoms with Crippen molar-refractivity contribution in [3.8, 4) is 11.5 Å². The molecule has 0 unspecified atom stereocenters. The smallest absolute Gasteiger partial charge is 0.180 e. The quantitative estimate of drug-likeness (QED) is 0.849. The van der Waals surface area contributed by atoms with Crippen molar-refractivity contribution >= 4 is 0 Å². The van der Waals surface area contributed by atoms with E-state index in [0.717, 1.165) is 40.7 Å². The van der Waals surface area contributed by atoms with Gasteiger partial charge < -0.3 is 4.57 Å². The fraction of sp³-hybridized carbons (Fsp3) is 0.533. The van der Waals surface area contributed by atoms with Gasteiger partial charge in [0.05, 0.1) is 0 Å². The van der Waals surface area contributed by atoms with E-state index in [0.29, 0.717) is 5.92 Å². The van der Waals surface area contributed by atoms with Gasteiger partial charge >= 0.3 is 0 Å². The first-order valence-electron chi connectivity index (χ1n) is 6.81. The maximum Gasteiger partial charge on any atom is 0.180 e. The molecule has 4 nitrogen and oxygen atoms in total. The van der Waals surface area contributed by atoms with Gasteiger partial charge in [-0.05, 0) is 25.8 Å². The minimum absolute atomic E-state index is 0.397. The molecule has 2 aromatic heterocycles. The Bertz CT molecular complexity index is 596. The first-order chi connectivity index (χ1) is 8.95. The van der Waals surface area contributed by atoms with Crippen LogP contribution in [0.25, 0.3) is 11.5 Å². The third kappa shape index (κ3) is 2.39. The van der Waals surface area contributed by atoms with Gasteiger partial charge in [0.25, 0.3) is 0 Å². The van der Waals surface area contributed by atoms with Crippen LogP contribution < -0.4 is 0 Å². The number of nitrogens with zero attached hydrogens (tertiary/aromatic N) is 4. The second kappa shape index (κ2) is 5.11. The van der Waals surface area contributed by atoms with Crippen LogP contribution in [0.1, 0.15) is 49.5 Å². The van der Waals surface area contributed by atoms with Crippen LogP contribution in [0.5, 0.6) is 0 Å². The van der Waals surface area contributed by atoms with Crippen LogP contribution in [0.3, 0.4) is 0 Å². The third-order valence-electron chi connectivity index (χ3n) is 3.56. The molecule has 4 heteroatoms. The lowest BCUT2D eigenvalue weighted by Crippen LogP contribution is -2.00. The highest BCUT2D eigenvalue weighted by molar-refractivity contribution is 5.54. The van der Waals surface area contributed by atoms with Gasteiger partial charge in [-0.2, -0.15) is 0 Å². The number of rotatable bonds is 3. The average Bonchev–Trinajstić information content (AvgIpc) is 2.67. The van der Waals surface area contributed by atoms with Crippen molar-refractivity contribution < 1.29 is 0 Å². The van der Waals surface area contributed by atoms with Crippen LogP contribution in [0.15, 0.2) is 6.20 Å². The minimum Gasteiger partial charge on any atom is -0.334 e. The van der Waals surface area contributed by atoms with Crippen molar-refractivity contribution in [2.75, 3.05) is 0 Å². The molecule has 0 aliphatic carbocycles. The Morgan fingerprint density at radius 1 is 1.21 bits per heavy atom. The van der Waals surface area contributed by atoms with E-state index in [1.54, 1.807) is 0 Å². The van der Waals surface area contributed by atoms with Gasteiger partial charge in [0.1, 0.15) is 11.5 Å². The number of imidazole rings is 1. The number of hydrogen-bond acceptors (Lipinski definition) is 3. The Kier molecular flexibility index (Phi) is 3.69. The van der Waals surface area contributed by atoms with Gasteiger partial charge in [0.2, 0.25) is 0 Å². The van der Waals surface area contributed by atoms with Crippen LogP contribution in [0.4, 0.5) is 0 Å². The molecular formula is C15H22N4. The number of aromatic nitrogens is 4. The lowest BCUT2D eigenvalue weighted by Gasteiger charge is -2.05. The van der Waals surface area contributed by atoms with Crippen molar-refractivity contribution in [2.45, 2.75) is 47.0 Å². The molecule has 0 aromatic carbocycles. The van der Waals surface area contributed by atoms with Crippen molar-refractivity contribution in [2.24, 2.45) is 7.05 Å². The molecular weight excluding hydrogens is 236 g/mol. The van der Waals surface area contributed by atoms with Crippen LogP contribution >= 0.6 is 0 Å². The summed E-state index contributed by atoms with van der Waals surface area (Å²) in [5, 5.41) is 0. The zero-order valence-corrected chi connectivity index (χ0v) is 12.7. The highest BCUT2D eigenvalue weighted by Crippen LogP contribution is 2.24. The predicted octanol–water partition coefficient (Wildman–Crippen LogP) is 3.18. The van der Waals surface area contributed by atoms with E-state index in [1.807, 2.05) is 13.1 Å². The molecule has 0 aliphatic heterocycles. The molecule has 0 aliphatic rings. The summed E-state index contributed by atoms with van der Waals surface area (Å²) in [5.74, 6) is 2.21. The highest BCUT2D eigenvalue weighted by Gasteiger charge is 2.17. The van der Waals surface area contributed by atoms with E-state index in [9.17, 15) is 0 Å². The fourth-order valence-corrected chi connectivity index (χ4v) is 2.28. The molecule has 0 saturated carbocycles. The molecule has 2 rings (SSSR count). The maximum absolute atomic E-state index is 4.72. The van der Waals surface area contributed by atoms with Crippen LogP contribution in [0, 0.1) is 13.8 Å². The zero-order chi connectivity index (χ0) is 14.2. The van der Waals surface area contributed by atoms with E-state index >= 15 is 0 Å². The Morgan fingerprint density at radius 3 is 2.42 bits per heavy atom. The summed E-state index contributed by atoms with van der Waals surface area (Å²) in [6, 6.07) is 0. The summed E-state index contributed by atoms with van der Waals surface area (Å²) < 4.78 is 2.13. The molecule has 19 heavy (non-hydrogen) atoms. The number of hydrogen-bond donors (Lipinski definition) is 0. The molecule has 0 atom stereocenters. The van der Waals surface area contributed by atoms with E-state index in [2.05, 4.69) is 49.3 Å². The van der Waals surface area contributed by atoms with Gasteiger partial charge in [-0.25, -0.2) is 15.0 Å². The van der Waals surface area contributed by atoms with Gasteiger partial charge in [-0.3, -0.25) is 0 Å². The van der Waals surface area contributed by atoms with Crippen molar-refractivity contribution in [1.29, 1.82) is 0 Å². The standard InChI is InChI=1S/C15H22N4/c1-7-12-10(4)8-16-14(17-12)13-11(5)19(6)15(18-13)9(2)3/h8-9H,7H2,1-6H3. The molecule has 0 spiro atoms. The summed E-state index contributed by atoms with van der Waals surface area (Å²) in [6.07, 6.45) is 2.81. The maximum atomic E-state index is 4.72. The molecule has 0 saturated heterocycles. The second-order valence-electron chi connectivity index (χ2n) is 5.29. The van der Waals surface area contributed by atoms with Crippen molar-refractivity contribution in [1.82, 2.24) is 19.5 Å². The predicted molar refractivity (Wildman–Crippen MR) is 77.2 cm³/mol. The summed E-state index contributed by atoms with van der Waals surface area (Å²) in [7, 11) is 2.05. The summed E-state index contributed by atoms with van der Waals surface area (Å²) in [5.41, 5.74) is 4.26. The first-order valence-corrected chi connectivity index (χ1v) is 6.81. The summed E-state index contributed by atoms with van der Waals surface area (Å²) in [6.45, 7) is 10.5. The van der Waals surface area contributed by atoms with E-state index in [4.69, 9.17) is 4.98 Å². The Labute approximate surface area is 114 Å². The molecule has 0 radical (unpaired) electrons. The molecule has 102 valence electrons. The zero-order valence-electron chi connectivity index (χ0n) is 12.7. The first kappa shape index (κ1) is 13.7. The molecule has 2 aromatic rings. The highest BCUT2D eigenvalue weighted by atomic mass is 15.1. The van der Waals surface area contributed by atoms with Gasteiger partial charge in [0.15, 0.2) is 5.82 Å². The minimum atomic E-state index is 0.397. The van der Waals surface area contributed by atoms with Gasteiger partial charge in [-0.15, -0.1) is 0 Å². The molecule has 0 amide bonds. The largest absolute Gasteiger partial charge is 0.334 e. The topological polar surface area (TPSA) is 43.6 Å². The number of aryl methyl sites for hydroxylation is 2. The summed E-state index contributed by atoms with van der Waals surface area (Å²) >= 11 is 0. The molecule has 2 heterocycles. The van der Waals surface area contributed by atoms with Crippen molar-refractivity contribution in [3.63, 3.8) is 0 Å². The van der Waals surface area contributed by atoms with E-state index in [1.165, 1.54) is 0 Å². The second-order valence-corrected chi connectivity index (χ2v) is 5.29. The fourth-order valence-electron chi connectivity index (χ4n) is 2.28. The third-order valence-corrected chi connectivity index (χ3v) is 3.56. The normalized spacial score (nSPS) is 11.3. The monoisotopic (exact) mass is 258 g/mol. The Hall–Kier alpha value is -1.71. The van der Waals surface area contributed by atoms with E-state index < -0.39 is 0 Å². The van der Waals surface area contributed by atoms with Gasteiger partial charge in [0, 0.05) is 30.6 Å². The molecule has 0 fully saturated rings. The SMILES string of the molecule is CCc1nc(-c2nc(C(C)C)n(C)c2C)ncc1C. The van der Waals surface area contributed by atoms with E-state index in [-0.39, 0.29) is 0 Å². The van der Waals surface area contributed by atoms with Crippen LogP contribution in [-0.4, -0.2) is 19.5 Å². The molecule has 0 N–H and O–H groups in total. The van der Waals surface area contributed by atoms with Crippen molar-refractivity contribution in [3.05, 3.63) is 29.0 Å². The van der Waals surface area contributed by atoms with Crippen LogP contribution in [-0.2, 0) is 13.5 Å². The lowest BCUT2D eigenvalue weighted by molar-refractivity contribution is 0.700.